The minimum Gasteiger partial charge on any atom is -0.462 e. The van der Waals surface area contributed by atoms with Gasteiger partial charge < -0.3 is 10.1 Å². The zero-order chi connectivity index (χ0) is 19.6. The number of rotatable bonds is 5. The van der Waals surface area contributed by atoms with E-state index in [1.54, 1.807) is 42.8 Å². The minimum absolute atomic E-state index is 0.0475. The van der Waals surface area contributed by atoms with Gasteiger partial charge in [0.1, 0.15) is 0 Å². The molecule has 1 unspecified atom stereocenters. The molecule has 0 radical (unpaired) electrons. The lowest BCUT2D eigenvalue weighted by Crippen LogP contribution is -2.16. The van der Waals surface area contributed by atoms with E-state index in [9.17, 15) is 18.0 Å². The van der Waals surface area contributed by atoms with E-state index in [0.29, 0.717) is 35.5 Å². The third-order valence-electron chi connectivity index (χ3n) is 4.50. The Morgan fingerprint density at radius 1 is 1.30 bits per heavy atom. The first-order valence-electron chi connectivity index (χ1n) is 8.64. The van der Waals surface area contributed by atoms with Crippen LogP contribution >= 0.6 is 0 Å². The van der Waals surface area contributed by atoms with E-state index >= 15 is 0 Å². The first-order chi connectivity index (χ1) is 12.8. The second-order valence-corrected chi connectivity index (χ2v) is 8.63. The van der Waals surface area contributed by atoms with E-state index < -0.39 is 15.8 Å². The predicted molar refractivity (Wildman–Crippen MR) is 99.6 cm³/mol. The highest BCUT2D eigenvalue weighted by Crippen LogP contribution is 2.25. The molecule has 3 rings (SSSR count). The third-order valence-corrected chi connectivity index (χ3v) is 6.25. The maximum atomic E-state index is 12.5. The van der Waals surface area contributed by atoms with Crippen LogP contribution in [0.4, 0.5) is 5.69 Å². The highest BCUT2D eigenvalue weighted by atomic mass is 32.2. The Hall–Kier alpha value is -2.68. The summed E-state index contributed by atoms with van der Waals surface area (Å²) < 4.78 is 29.9. The van der Waals surface area contributed by atoms with Crippen LogP contribution in [0.25, 0.3) is 0 Å². The fourth-order valence-corrected chi connectivity index (χ4v) is 4.78. The van der Waals surface area contributed by atoms with Crippen LogP contribution in [0.2, 0.25) is 0 Å². The summed E-state index contributed by atoms with van der Waals surface area (Å²) in [4.78, 5) is 24.2. The maximum Gasteiger partial charge on any atom is 0.338 e. The van der Waals surface area contributed by atoms with Crippen molar-refractivity contribution in [2.75, 3.05) is 23.4 Å². The molecule has 27 heavy (non-hydrogen) atoms. The van der Waals surface area contributed by atoms with Crippen LogP contribution < -0.4 is 5.32 Å². The van der Waals surface area contributed by atoms with Crippen molar-refractivity contribution in [3.63, 3.8) is 0 Å². The Kier molecular flexibility index (Phi) is 5.31. The zero-order valence-corrected chi connectivity index (χ0v) is 16.0. The SMILES string of the molecule is CCOC(=O)c1ccc(NC(=O)c2cnn(C3CCS(=O)(=O)C3)c2C)cc1. The van der Waals surface area contributed by atoms with E-state index in [-0.39, 0.29) is 23.5 Å². The second-order valence-electron chi connectivity index (χ2n) is 6.40. The Labute approximate surface area is 157 Å². The summed E-state index contributed by atoms with van der Waals surface area (Å²) in [7, 11) is -3.03. The fraction of sp³-hybridized carbons (Fsp3) is 0.389. The van der Waals surface area contributed by atoms with Crippen molar-refractivity contribution in [2.24, 2.45) is 0 Å². The Morgan fingerprint density at radius 3 is 2.59 bits per heavy atom. The number of hydrogen-bond acceptors (Lipinski definition) is 6. The average molecular weight is 391 g/mol. The van der Waals surface area contributed by atoms with E-state index in [2.05, 4.69) is 10.4 Å². The highest BCUT2D eigenvalue weighted by molar-refractivity contribution is 7.91. The number of aromatic nitrogens is 2. The van der Waals surface area contributed by atoms with Crippen molar-refractivity contribution < 1.29 is 22.7 Å². The number of benzene rings is 1. The number of amides is 1. The Bertz CT molecular complexity index is 963. The molecule has 1 N–H and O–H groups in total. The minimum atomic E-state index is -3.03. The van der Waals surface area contributed by atoms with Crippen LogP contribution in [0.3, 0.4) is 0 Å². The summed E-state index contributed by atoms with van der Waals surface area (Å²) >= 11 is 0. The lowest BCUT2D eigenvalue weighted by Gasteiger charge is -2.11. The van der Waals surface area contributed by atoms with Crippen molar-refractivity contribution in [1.29, 1.82) is 0 Å². The topological polar surface area (TPSA) is 107 Å². The van der Waals surface area contributed by atoms with Gasteiger partial charge in [0.25, 0.3) is 5.91 Å². The number of nitrogens with zero attached hydrogens (tertiary/aromatic N) is 2. The van der Waals surface area contributed by atoms with Gasteiger partial charge in [-0.15, -0.1) is 0 Å². The second kappa shape index (κ2) is 7.51. The lowest BCUT2D eigenvalue weighted by molar-refractivity contribution is 0.0526. The lowest BCUT2D eigenvalue weighted by atomic mass is 10.2. The number of ether oxygens (including phenoxy) is 1. The number of carbonyl (C=O) groups excluding carboxylic acids is 2. The molecule has 1 aromatic carbocycles. The number of carbonyl (C=O) groups is 2. The number of sulfone groups is 1. The van der Waals surface area contributed by atoms with Crippen LogP contribution in [0, 0.1) is 6.92 Å². The summed E-state index contributed by atoms with van der Waals surface area (Å²) in [6.07, 6.45) is 1.95. The first-order valence-corrected chi connectivity index (χ1v) is 10.5. The molecule has 1 fully saturated rings. The Balaban J connectivity index is 1.71. The van der Waals surface area contributed by atoms with Crippen LogP contribution in [0.1, 0.15) is 45.8 Å². The van der Waals surface area contributed by atoms with Crippen LogP contribution in [-0.4, -0.2) is 48.2 Å². The molecule has 0 spiro atoms. The summed E-state index contributed by atoms with van der Waals surface area (Å²) in [5.41, 5.74) is 1.94. The molecule has 144 valence electrons. The van der Waals surface area contributed by atoms with E-state index in [1.165, 1.54) is 6.20 Å². The summed E-state index contributed by atoms with van der Waals surface area (Å²) in [6.45, 7) is 3.77. The Morgan fingerprint density at radius 2 is 2.00 bits per heavy atom. The van der Waals surface area contributed by atoms with Crippen LogP contribution in [0.15, 0.2) is 30.5 Å². The van der Waals surface area contributed by atoms with E-state index in [0.717, 1.165) is 0 Å². The fourth-order valence-electron chi connectivity index (χ4n) is 3.09. The van der Waals surface area contributed by atoms with Gasteiger partial charge in [-0.3, -0.25) is 9.48 Å². The molecule has 1 amide bonds. The van der Waals surface area contributed by atoms with Gasteiger partial charge in [0, 0.05) is 11.4 Å². The van der Waals surface area contributed by atoms with Crippen LogP contribution in [-0.2, 0) is 14.6 Å². The molecule has 1 aliphatic heterocycles. The van der Waals surface area contributed by atoms with Gasteiger partial charge in [0.15, 0.2) is 9.84 Å². The number of nitrogens with one attached hydrogen (secondary N) is 1. The van der Waals surface area contributed by atoms with Gasteiger partial charge in [0.05, 0.1) is 41.5 Å². The number of esters is 1. The van der Waals surface area contributed by atoms with Crippen molar-refractivity contribution in [3.05, 3.63) is 47.3 Å². The standard InChI is InChI=1S/C18H21N3O5S/c1-3-26-18(23)13-4-6-14(7-5-13)20-17(22)16-10-19-21(12(16)2)15-8-9-27(24,25)11-15/h4-7,10,15H,3,8-9,11H2,1-2H3,(H,20,22). The molecule has 0 saturated carbocycles. The summed E-state index contributed by atoms with van der Waals surface area (Å²) in [6, 6.07) is 6.15. The molecule has 1 aromatic heterocycles. The van der Waals surface area contributed by atoms with Crippen molar-refractivity contribution >= 4 is 27.4 Å². The monoisotopic (exact) mass is 391 g/mol. The molecule has 0 bridgehead atoms. The molecular weight excluding hydrogens is 370 g/mol. The van der Waals surface area contributed by atoms with Gasteiger partial charge in [-0.25, -0.2) is 13.2 Å². The van der Waals surface area contributed by atoms with Crippen molar-refractivity contribution in [2.45, 2.75) is 26.3 Å². The van der Waals surface area contributed by atoms with Gasteiger partial charge >= 0.3 is 5.97 Å². The quantitative estimate of drug-likeness (QED) is 0.781. The van der Waals surface area contributed by atoms with Gasteiger partial charge in [-0.2, -0.15) is 5.10 Å². The van der Waals surface area contributed by atoms with Crippen LogP contribution in [0.5, 0.6) is 0 Å². The molecule has 2 aromatic rings. The molecule has 2 heterocycles. The van der Waals surface area contributed by atoms with Crippen molar-refractivity contribution in [3.8, 4) is 0 Å². The smallest absolute Gasteiger partial charge is 0.338 e. The van der Waals surface area contributed by atoms with Gasteiger partial charge in [0.2, 0.25) is 0 Å². The molecule has 1 saturated heterocycles. The van der Waals surface area contributed by atoms with Crippen molar-refractivity contribution in [1.82, 2.24) is 9.78 Å². The number of anilines is 1. The molecule has 8 nitrogen and oxygen atoms in total. The normalized spacial score (nSPS) is 18.2. The summed E-state index contributed by atoms with van der Waals surface area (Å²) in [5.74, 6) is -0.570. The number of hydrogen-bond donors (Lipinski definition) is 1. The molecule has 1 atom stereocenters. The van der Waals surface area contributed by atoms with Gasteiger partial charge in [-0.05, 0) is 44.5 Å². The predicted octanol–water partition coefficient (Wildman–Crippen LogP) is 1.98. The zero-order valence-electron chi connectivity index (χ0n) is 15.1. The average Bonchev–Trinajstić information content (AvgIpc) is 3.17. The van der Waals surface area contributed by atoms with Gasteiger partial charge in [-0.1, -0.05) is 0 Å². The molecular formula is C18H21N3O5S. The first kappa shape index (κ1) is 19.1. The molecule has 9 heteroatoms. The highest BCUT2D eigenvalue weighted by Gasteiger charge is 2.31. The third kappa shape index (κ3) is 4.19. The largest absolute Gasteiger partial charge is 0.462 e. The maximum absolute atomic E-state index is 12.5. The van der Waals surface area contributed by atoms with E-state index in [4.69, 9.17) is 4.74 Å². The summed E-state index contributed by atoms with van der Waals surface area (Å²) in [5, 5.41) is 6.97. The van der Waals surface area contributed by atoms with E-state index in [1.807, 2.05) is 0 Å². The molecule has 1 aliphatic rings. The molecule has 0 aliphatic carbocycles.